The van der Waals surface area contributed by atoms with E-state index >= 15 is 0 Å². The number of thiophene rings is 2. The van der Waals surface area contributed by atoms with Gasteiger partial charge in [-0.1, -0.05) is 25.5 Å². The molecule has 1 atom stereocenters. The Hall–Kier alpha value is -2.06. The third kappa shape index (κ3) is 6.34. The fraction of sp³-hybridized carbons (Fsp3) is 0.444. The monoisotopic (exact) mass is 396 g/mol. The first kappa shape index (κ1) is 20.3. The lowest BCUT2D eigenvalue weighted by molar-refractivity contribution is -0.159. The van der Waals surface area contributed by atoms with Crippen molar-refractivity contribution in [3.05, 3.63) is 44.8 Å². The van der Waals surface area contributed by atoms with Crippen LogP contribution in [0.5, 0.6) is 0 Å². The molecule has 2 aromatic heterocycles. The van der Waals surface area contributed by atoms with Crippen LogP contribution in [0.1, 0.15) is 42.9 Å². The molecule has 0 spiro atoms. The first-order chi connectivity index (χ1) is 12.4. The van der Waals surface area contributed by atoms with E-state index < -0.39 is 18.0 Å². The van der Waals surface area contributed by atoms with Gasteiger partial charge < -0.3 is 15.2 Å². The Kier molecular flexibility index (Phi) is 7.47. The van der Waals surface area contributed by atoms with E-state index in [9.17, 15) is 9.59 Å². The van der Waals surface area contributed by atoms with Crippen molar-refractivity contribution < 1.29 is 19.1 Å². The van der Waals surface area contributed by atoms with Gasteiger partial charge in [0, 0.05) is 23.1 Å². The SMILES string of the molecule is CCCC[C@](C)(OC(N)=O)OC(=O)N(Cc1cccs1)Cc1cccs1. The number of carbonyl (C=O) groups is 2. The average Bonchev–Trinajstić information content (AvgIpc) is 3.25. The number of carbonyl (C=O) groups excluding carboxylic acids is 2. The molecular formula is C18H24N2O4S2. The van der Waals surface area contributed by atoms with Crippen molar-refractivity contribution in [3.8, 4) is 0 Å². The minimum atomic E-state index is -1.37. The summed E-state index contributed by atoms with van der Waals surface area (Å²) in [6, 6.07) is 7.82. The van der Waals surface area contributed by atoms with Crippen molar-refractivity contribution in [1.82, 2.24) is 4.90 Å². The van der Waals surface area contributed by atoms with E-state index in [-0.39, 0.29) is 0 Å². The summed E-state index contributed by atoms with van der Waals surface area (Å²) in [7, 11) is 0. The minimum absolute atomic E-state index is 0.393. The summed E-state index contributed by atoms with van der Waals surface area (Å²) in [4.78, 5) is 27.8. The van der Waals surface area contributed by atoms with Crippen molar-refractivity contribution >= 4 is 34.9 Å². The number of amides is 2. The molecule has 2 rings (SSSR count). The molecule has 0 fully saturated rings. The summed E-state index contributed by atoms with van der Waals surface area (Å²) in [6.45, 7) is 4.43. The Morgan fingerprint density at radius 2 is 1.69 bits per heavy atom. The standard InChI is InChI=1S/C18H24N2O4S2/c1-3-4-9-18(2,23-16(19)21)24-17(22)20(12-14-7-5-10-25-14)13-15-8-6-11-26-15/h5-8,10-11H,3-4,9,12-13H2,1-2H3,(H2,19,21)/t18-/m1/s1. The molecule has 0 unspecified atom stereocenters. The van der Waals surface area contributed by atoms with E-state index in [0.717, 1.165) is 22.6 Å². The maximum Gasteiger partial charge on any atom is 0.413 e. The van der Waals surface area contributed by atoms with Gasteiger partial charge in [-0.05, 0) is 29.3 Å². The Balaban J connectivity index is 2.13. The van der Waals surface area contributed by atoms with Gasteiger partial charge in [-0.3, -0.25) is 4.90 Å². The highest BCUT2D eigenvalue weighted by Crippen LogP contribution is 2.24. The molecule has 2 heterocycles. The Bertz CT molecular complexity index is 652. The number of rotatable bonds is 9. The highest BCUT2D eigenvalue weighted by molar-refractivity contribution is 7.10. The molecule has 0 aromatic carbocycles. The van der Waals surface area contributed by atoms with Crippen molar-refractivity contribution in [2.45, 2.75) is 52.0 Å². The van der Waals surface area contributed by atoms with Crippen LogP contribution in [-0.4, -0.2) is 22.9 Å². The van der Waals surface area contributed by atoms with Gasteiger partial charge in [0.05, 0.1) is 13.1 Å². The topological polar surface area (TPSA) is 81.9 Å². The molecule has 0 bridgehead atoms. The van der Waals surface area contributed by atoms with Crippen LogP contribution in [0.15, 0.2) is 35.0 Å². The van der Waals surface area contributed by atoms with Crippen molar-refractivity contribution in [2.24, 2.45) is 5.73 Å². The summed E-state index contributed by atoms with van der Waals surface area (Å²) in [6.07, 6.45) is 0.520. The molecule has 26 heavy (non-hydrogen) atoms. The van der Waals surface area contributed by atoms with Crippen molar-refractivity contribution in [1.29, 1.82) is 0 Å². The van der Waals surface area contributed by atoms with E-state index in [2.05, 4.69) is 0 Å². The summed E-state index contributed by atoms with van der Waals surface area (Å²) in [5, 5.41) is 3.93. The lowest BCUT2D eigenvalue weighted by Gasteiger charge is -2.31. The molecule has 0 saturated carbocycles. The fourth-order valence-corrected chi connectivity index (χ4v) is 3.89. The zero-order valence-corrected chi connectivity index (χ0v) is 16.6. The molecule has 0 aliphatic carbocycles. The average molecular weight is 397 g/mol. The molecule has 2 aromatic rings. The quantitative estimate of drug-likeness (QED) is 0.608. The van der Waals surface area contributed by atoms with Gasteiger partial charge >= 0.3 is 12.2 Å². The third-order valence-corrected chi connectivity index (χ3v) is 5.44. The lowest BCUT2D eigenvalue weighted by atomic mass is 10.1. The zero-order valence-electron chi connectivity index (χ0n) is 15.0. The highest BCUT2D eigenvalue weighted by Gasteiger charge is 2.34. The van der Waals surface area contributed by atoms with Gasteiger partial charge in [0.1, 0.15) is 0 Å². The summed E-state index contributed by atoms with van der Waals surface area (Å²) in [5.74, 6) is -1.37. The van der Waals surface area contributed by atoms with Crippen LogP contribution < -0.4 is 5.73 Å². The van der Waals surface area contributed by atoms with Gasteiger partial charge in [0.15, 0.2) is 0 Å². The van der Waals surface area contributed by atoms with Crippen LogP contribution in [0.4, 0.5) is 9.59 Å². The second kappa shape index (κ2) is 9.59. The van der Waals surface area contributed by atoms with E-state index in [1.54, 1.807) is 34.5 Å². The molecule has 142 valence electrons. The molecule has 2 N–H and O–H groups in total. The van der Waals surface area contributed by atoms with Crippen molar-refractivity contribution in [2.75, 3.05) is 0 Å². The summed E-state index contributed by atoms with van der Waals surface area (Å²) < 4.78 is 10.7. The van der Waals surface area contributed by atoms with Gasteiger partial charge in [0.25, 0.3) is 5.79 Å². The van der Waals surface area contributed by atoms with Gasteiger partial charge in [-0.15, -0.1) is 22.7 Å². The molecule has 0 saturated heterocycles. The lowest BCUT2D eigenvalue weighted by Crippen LogP contribution is -2.43. The first-order valence-corrected chi connectivity index (χ1v) is 10.2. The Morgan fingerprint density at radius 1 is 1.12 bits per heavy atom. The van der Waals surface area contributed by atoms with Gasteiger partial charge in [-0.25, -0.2) is 9.59 Å². The van der Waals surface area contributed by atoms with Crippen LogP contribution in [0, 0.1) is 0 Å². The number of unbranched alkanes of at least 4 members (excludes halogenated alkanes) is 1. The maximum atomic E-state index is 12.8. The van der Waals surface area contributed by atoms with Gasteiger partial charge in [-0.2, -0.15) is 0 Å². The van der Waals surface area contributed by atoms with Crippen molar-refractivity contribution in [3.63, 3.8) is 0 Å². The third-order valence-electron chi connectivity index (χ3n) is 3.72. The van der Waals surface area contributed by atoms with E-state index in [0.29, 0.717) is 19.5 Å². The molecule has 0 aliphatic rings. The first-order valence-electron chi connectivity index (χ1n) is 8.43. The Morgan fingerprint density at radius 3 is 2.12 bits per heavy atom. The normalized spacial score (nSPS) is 13.0. The number of nitrogens with two attached hydrogens (primary N) is 1. The predicted molar refractivity (Wildman–Crippen MR) is 103 cm³/mol. The molecule has 0 radical (unpaired) electrons. The van der Waals surface area contributed by atoms with Crippen LogP contribution in [0.25, 0.3) is 0 Å². The zero-order chi connectivity index (χ0) is 19.0. The summed E-state index contributed by atoms with van der Waals surface area (Å²) in [5.41, 5.74) is 5.16. The molecule has 8 heteroatoms. The van der Waals surface area contributed by atoms with Gasteiger partial charge in [0.2, 0.25) is 0 Å². The second-order valence-corrected chi connectivity index (χ2v) is 8.11. The van der Waals surface area contributed by atoms with Crippen LogP contribution >= 0.6 is 22.7 Å². The van der Waals surface area contributed by atoms with E-state index in [1.807, 2.05) is 41.9 Å². The fourth-order valence-electron chi connectivity index (χ4n) is 2.45. The number of hydrogen-bond donors (Lipinski definition) is 1. The van der Waals surface area contributed by atoms with Crippen LogP contribution in [0.2, 0.25) is 0 Å². The largest absolute Gasteiger partial charge is 0.413 e. The maximum absolute atomic E-state index is 12.8. The molecule has 6 nitrogen and oxygen atoms in total. The molecular weight excluding hydrogens is 372 g/mol. The van der Waals surface area contributed by atoms with E-state index in [4.69, 9.17) is 15.2 Å². The molecule has 0 aliphatic heterocycles. The predicted octanol–water partition coefficient (Wildman–Crippen LogP) is 4.95. The van der Waals surface area contributed by atoms with Crippen LogP contribution in [-0.2, 0) is 22.6 Å². The number of ether oxygens (including phenoxy) is 2. The second-order valence-electron chi connectivity index (χ2n) is 6.04. The van der Waals surface area contributed by atoms with Crippen LogP contribution in [0.3, 0.4) is 0 Å². The Labute approximate surface area is 161 Å². The number of nitrogens with zero attached hydrogens (tertiary/aromatic N) is 1. The highest BCUT2D eigenvalue weighted by atomic mass is 32.1. The molecule has 2 amide bonds. The number of primary amides is 1. The minimum Gasteiger partial charge on any atom is -0.407 e. The smallest absolute Gasteiger partial charge is 0.407 e. The summed E-state index contributed by atoms with van der Waals surface area (Å²) >= 11 is 3.14. The van der Waals surface area contributed by atoms with E-state index in [1.165, 1.54) is 0 Å². The number of hydrogen-bond acceptors (Lipinski definition) is 6.